The van der Waals surface area contributed by atoms with Crippen molar-refractivity contribution in [2.45, 2.75) is 11.3 Å². The lowest BCUT2D eigenvalue weighted by Crippen LogP contribution is -2.17. The van der Waals surface area contributed by atoms with Gasteiger partial charge in [0, 0.05) is 23.6 Å². The van der Waals surface area contributed by atoms with Gasteiger partial charge in [0.1, 0.15) is 11.6 Å². The monoisotopic (exact) mass is 408 g/mol. The molecule has 0 bridgehead atoms. The van der Waals surface area contributed by atoms with E-state index in [1.807, 2.05) is 0 Å². The maximum Gasteiger partial charge on any atom is 0.573 e. The molecule has 3 aromatic rings. The summed E-state index contributed by atoms with van der Waals surface area (Å²) in [6.45, 7) is 0. The van der Waals surface area contributed by atoms with Gasteiger partial charge < -0.3 is 10.5 Å². The second-order valence-electron chi connectivity index (χ2n) is 6.03. The van der Waals surface area contributed by atoms with Gasteiger partial charge in [-0.2, -0.15) is 0 Å². The summed E-state index contributed by atoms with van der Waals surface area (Å²) in [5.74, 6) is -0.229. The lowest BCUT2D eigenvalue weighted by Gasteiger charge is -2.12. The standard InChI is InChI=1S/C19H15F3N2O3S/c1-28(25,26)16-7-5-12(6-8-16)14-10-17(18(23)24-11-14)13-3-2-4-15(9-13)27-19(20,21)22/h2-11H,1H3,(H2,23,24). The molecule has 0 aliphatic rings. The van der Waals surface area contributed by atoms with E-state index in [4.69, 9.17) is 5.73 Å². The van der Waals surface area contributed by atoms with E-state index >= 15 is 0 Å². The van der Waals surface area contributed by atoms with Gasteiger partial charge in [0.25, 0.3) is 0 Å². The average molecular weight is 408 g/mol. The van der Waals surface area contributed by atoms with Crippen LogP contribution < -0.4 is 10.5 Å². The maximum absolute atomic E-state index is 12.5. The highest BCUT2D eigenvalue weighted by Crippen LogP contribution is 2.33. The highest BCUT2D eigenvalue weighted by atomic mass is 32.2. The lowest BCUT2D eigenvalue weighted by atomic mass is 10.0. The van der Waals surface area contributed by atoms with Crippen LogP contribution in [-0.2, 0) is 9.84 Å². The largest absolute Gasteiger partial charge is 0.573 e. The molecule has 9 heteroatoms. The fourth-order valence-corrected chi connectivity index (χ4v) is 3.25. The number of rotatable bonds is 4. The number of alkyl halides is 3. The van der Waals surface area contributed by atoms with Crippen LogP contribution in [0.15, 0.2) is 65.7 Å². The van der Waals surface area contributed by atoms with Gasteiger partial charge in [-0.05, 0) is 41.5 Å². The van der Waals surface area contributed by atoms with Crippen molar-refractivity contribution in [2.75, 3.05) is 12.0 Å². The number of benzene rings is 2. The molecule has 0 unspecified atom stereocenters. The molecule has 1 aromatic heterocycles. The minimum Gasteiger partial charge on any atom is -0.406 e. The van der Waals surface area contributed by atoms with E-state index in [1.54, 1.807) is 24.3 Å². The summed E-state index contributed by atoms with van der Waals surface area (Å²) in [6.07, 6.45) is -2.18. The number of hydrogen-bond donors (Lipinski definition) is 1. The highest BCUT2D eigenvalue weighted by molar-refractivity contribution is 7.90. The van der Waals surface area contributed by atoms with Crippen LogP contribution in [0.1, 0.15) is 0 Å². The minimum atomic E-state index is -4.80. The maximum atomic E-state index is 12.5. The molecule has 0 aliphatic carbocycles. The van der Waals surface area contributed by atoms with Gasteiger partial charge in [0.05, 0.1) is 4.90 Å². The molecule has 0 amide bonds. The summed E-state index contributed by atoms with van der Waals surface area (Å²) in [5, 5.41) is 0. The van der Waals surface area contributed by atoms with Crippen molar-refractivity contribution in [1.82, 2.24) is 4.98 Å². The summed E-state index contributed by atoms with van der Waals surface area (Å²) >= 11 is 0. The molecule has 28 heavy (non-hydrogen) atoms. The molecular formula is C19H15F3N2O3S. The number of pyridine rings is 1. The van der Waals surface area contributed by atoms with Crippen LogP contribution in [0.4, 0.5) is 19.0 Å². The van der Waals surface area contributed by atoms with Crippen molar-refractivity contribution in [3.63, 3.8) is 0 Å². The molecule has 2 aromatic carbocycles. The SMILES string of the molecule is CS(=O)(=O)c1ccc(-c2cnc(N)c(-c3cccc(OC(F)(F)F)c3)c2)cc1. The number of hydrogen-bond acceptors (Lipinski definition) is 5. The molecule has 1 heterocycles. The number of sulfone groups is 1. The first-order valence-corrected chi connectivity index (χ1v) is 9.84. The zero-order valence-corrected chi connectivity index (χ0v) is 15.4. The first-order valence-electron chi connectivity index (χ1n) is 7.95. The van der Waals surface area contributed by atoms with Crippen LogP contribution in [0.5, 0.6) is 5.75 Å². The fourth-order valence-electron chi connectivity index (χ4n) is 2.62. The van der Waals surface area contributed by atoms with Gasteiger partial charge in [-0.25, -0.2) is 13.4 Å². The minimum absolute atomic E-state index is 0.140. The Bertz CT molecular complexity index is 1110. The zero-order chi connectivity index (χ0) is 20.5. The summed E-state index contributed by atoms with van der Waals surface area (Å²) in [7, 11) is -3.32. The second-order valence-corrected chi connectivity index (χ2v) is 8.04. The fraction of sp³-hybridized carbons (Fsp3) is 0.105. The Kier molecular flexibility index (Phi) is 5.03. The van der Waals surface area contributed by atoms with Crippen molar-refractivity contribution in [1.29, 1.82) is 0 Å². The summed E-state index contributed by atoms with van der Waals surface area (Å²) in [4.78, 5) is 4.28. The molecule has 0 atom stereocenters. The average Bonchev–Trinajstić information content (AvgIpc) is 2.60. The normalized spacial score (nSPS) is 12.0. The third-order valence-corrected chi connectivity index (χ3v) is 5.04. The zero-order valence-electron chi connectivity index (χ0n) is 14.6. The van der Waals surface area contributed by atoms with Gasteiger partial charge in [-0.1, -0.05) is 24.3 Å². The van der Waals surface area contributed by atoms with Gasteiger partial charge in [-0.3, -0.25) is 0 Å². The lowest BCUT2D eigenvalue weighted by molar-refractivity contribution is -0.274. The summed E-state index contributed by atoms with van der Waals surface area (Å²) in [6, 6.07) is 13.3. The Morgan fingerprint density at radius 3 is 2.25 bits per heavy atom. The van der Waals surface area contributed by atoms with Crippen LogP contribution in [0, 0.1) is 0 Å². The Balaban J connectivity index is 2.00. The highest BCUT2D eigenvalue weighted by Gasteiger charge is 2.31. The molecule has 0 radical (unpaired) electrons. The Labute approximate surface area is 159 Å². The van der Waals surface area contributed by atoms with E-state index in [2.05, 4.69) is 9.72 Å². The third kappa shape index (κ3) is 4.61. The van der Waals surface area contributed by atoms with Crippen molar-refractivity contribution < 1.29 is 26.3 Å². The van der Waals surface area contributed by atoms with E-state index in [-0.39, 0.29) is 16.5 Å². The molecule has 0 saturated carbocycles. The number of nitrogens with two attached hydrogens (primary N) is 1. The van der Waals surface area contributed by atoms with E-state index in [1.165, 1.54) is 36.5 Å². The predicted molar refractivity (Wildman–Crippen MR) is 99.3 cm³/mol. The van der Waals surface area contributed by atoms with Crippen LogP contribution in [0.25, 0.3) is 22.3 Å². The topological polar surface area (TPSA) is 82.3 Å². The Hall–Kier alpha value is -3.07. The number of aromatic nitrogens is 1. The van der Waals surface area contributed by atoms with E-state index in [9.17, 15) is 21.6 Å². The molecule has 146 valence electrons. The molecule has 5 nitrogen and oxygen atoms in total. The van der Waals surface area contributed by atoms with E-state index < -0.39 is 16.2 Å². The molecule has 2 N–H and O–H groups in total. The van der Waals surface area contributed by atoms with Gasteiger partial charge >= 0.3 is 6.36 Å². The summed E-state index contributed by atoms with van der Waals surface area (Å²) in [5.41, 5.74) is 8.05. The first kappa shape index (κ1) is 19.7. The number of halogens is 3. The first-order chi connectivity index (χ1) is 13.0. The predicted octanol–water partition coefficient (Wildman–Crippen LogP) is 4.30. The van der Waals surface area contributed by atoms with Crippen molar-refractivity contribution in [3.8, 4) is 28.0 Å². The molecule has 0 spiro atoms. The van der Waals surface area contributed by atoms with E-state index in [0.717, 1.165) is 6.26 Å². The van der Waals surface area contributed by atoms with E-state index in [0.29, 0.717) is 22.3 Å². The quantitative estimate of drug-likeness (QED) is 0.696. The van der Waals surface area contributed by atoms with Crippen LogP contribution in [-0.4, -0.2) is 26.0 Å². The summed E-state index contributed by atoms with van der Waals surface area (Å²) < 4.78 is 64.5. The van der Waals surface area contributed by atoms with Crippen molar-refractivity contribution in [2.24, 2.45) is 0 Å². The van der Waals surface area contributed by atoms with Gasteiger partial charge in [0.15, 0.2) is 9.84 Å². The Morgan fingerprint density at radius 2 is 1.64 bits per heavy atom. The van der Waals surface area contributed by atoms with Crippen LogP contribution in [0.3, 0.4) is 0 Å². The van der Waals surface area contributed by atoms with Crippen LogP contribution in [0.2, 0.25) is 0 Å². The van der Waals surface area contributed by atoms with Crippen molar-refractivity contribution in [3.05, 3.63) is 60.8 Å². The van der Waals surface area contributed by atoms with Crippen molar-refractivity contribution >= 4 is 15.7 Å². The second kappa shape index (κ2) is 7.16. The molecular weight excluding hydrogens is 393 g/mol. The van der Waals surface area contributed by atoms with Gasteiger partial charge in [0.2, 0.25) is 0 Å². The molecule has 0 saturated heterocycles. The van der Waals surface area contributed by atoms with Gasteiger partial charge in [-0.15, -0.1) is 13.2 Å². The Morgan fingerprint density at radius 1 is 0.964 bits per heavy atom. The number of nitrogens with zero attached hydrogens (tertiary/aromatic N) is 1. The molecule has 0 aliphatic heterocycles. The van der Waals surface area contributed by atoms with Crippen LogP contribution >= 0.6 is 0 Å². The number of ether oxygens (including phenoxy) is 1. The molecule has 3 rings (SSSR count). The number of nitrogen functional groups attached to an aromatic ring is 1. The third-order valence-electron chi connectivity index (χ3n) is 3.91. The number of anilines is 1. The smallest absolute Gasteiger partial charge is 0.406 e. The molecule has 0 fully saturated rings.